The van der Waals surface area contributed by atoms with Gasteiger partial charge in [-0.2, -0.15) is 0 Å². The van der Waals surface area contributed by atoms with Gasteiger partial charge in [0.05, 0.1) is 29.2 Å². The number of nitrogens with one attached hydrogen (secondary N) is 1. The molecule has 3 rings (SSSR count). The molecule has 2 aromatic rings. The number of halogens is 1. The number of methoxy groups -OCH3 is 1. The van der Waals surface area contributed by atoms with Gasteiger partial charge in [-0.1, -0.05) is 0 Å². The lowest BCUT2D eigenvalue weighted by molar-refractivity contribution is -0.385. The van der Waals surface area contributed by atoms with Crippen molar-refractivity contribution in [2.24, 2.45) is 0 Å². The fourth-order valence-electron chi connectivity index (χ4n) is 3.10. The normalized spacial score (nSPS) is 14.2. The molecule has 0 radical (unpaired) electrons. The fourth-order valence-corrected chi connectivity index (χ4v) is 3.68. The highest BCUT2D eigenvalue weighted by Gasteiger charge is 2.34. The van der Waals surface area contributed by atoms with E-state index in [0.29, 0.717) is 0 Å². The van der Waals surface area contributed by atoms with E-state index in [4.69, 9.17) is 13.9 Å². The number of benzene rings is 1. The molecule has 0 atom stereocenters. The molecule has 1 saturated heterocycles. The molecule has 1 N–H and O–H groups in total. The number of esters is 2. The number of rotatable bonds is 9. The molecule has 190 valence electrons. The summed E-state index contributed by atoms with van der Waals surface area (Å²) in [6, 6.07) is 4.56. The van der Waals surface area contributed by atoms with Crippen LogP contribution in [0.4, 0.5) is 10.5 Å². The largest absolute Gasteiger partial charge is 0.474 e. The number of carbonyl (C=O) groups is 4. The van der Waals surface area contributed by atoms with E-state index < -0.39 is 41.1 Å². The van der Waals surface area contributed by atoms with Crippen LogP contribution in [0.3, 0.4) is 0 Å². The Morgan fingerprint density at radius 3 is 2.64 bits per heavy atom. The number of nitro groups is 1. The highest BCUT2D eigenvalue weighted by Crippen LogP contribution is 2.37. The summed E-state index contributed by atoms with van der Waals surface area (Å²) in [5.74, 6) is -2.26. The minimum Gasteiger partial charge on any atom is -0.474 e. The first-order valence-electron chi connectivity index (χ1n) is 10.3. The second kappa shape index (κ2) is 11.0. The fraction of sp³-hybridized carbons (Fsp3) is 0.273. The number of urea groups is 1. The topological polar surface area (TPSA) is 168 Å². The zero-order valence-corrected chi connectivity index (χ0v) is 20.8. The van der Waals surface area contributed by atoms with Crippen LogP contribution < -0.4 is 10.1 Å². The zero-order chi connectivity index (χ0) is 26.6. The van der Waals surface area contributed by atoms with E-state index in [2.05, 4.69) is 26.0 Å². The summed E-state index contributed by atoms with van der Waals surface area (Å²) in [5.41, 5.74) is -0.426. The van der Waals surface area contributed by atoms with Gasteiger partial charge in [-0.25, -0.2) is 14.4 Å². The quantitative estimate of drug-likeness (QED) is 0.157. The monoisotopic (exact) mass is 565 g/mol. The van der Waals surface area contributed by atoms with Crippen LogP contribution in [0.5, 0.6) is 5.75 Å². The maximum Gasteiger partial charge on any atom is 0.373 e. The summed E-state index contributed by atoms with van der Waals surface area (Å²) < 4.78 is 20.2. The van der Waals surface area contributed by atoms with Crippen molar-refractivity contribution in [2.75, 3.05) is 13.7 Å². The second-order valence-corrected chi connectivity index (χ2v) is 8.43. The van der Waals surface area contributed by atoms with Crippen LogP contribution in [0, 0.1) is 10.1 Å². The second-order valence-electron chi connectivity index (χ2n) is 7.57. The Bertz CT molecular complexity index is 1270. The van der Waals surface area contributed by atoms with Crippen molar-refractivity contribution in [3.63, 3.8) is 0 Å². The number of hydrogen-bond acceptors (Lipinski definition) is 10. The Hall–Kier alpha value is -4.20. The van der Waals surface area contributed by atoms with E-state index in [0.717, 1.165) is 11.0 Å². The Balaban J connectivity index is 1.81. The number of furan rings is 1. The molecule has 1 fully saturated rings. The molecule has 0 spiro atoms. The molecule has 1 aromatic carbocycles. The third-order valence-corrected chi connectivity index (χ3v) is 5.17. The summed E-state index contributed by atoms with van der Waals surface area (Å²) in [6.07, 6.45) is 0.867. The number of ether oxygens (including phenoxy) is 3. The van der Waals surface area contributed by atoms with Crippen LogP contribution in [-0.2, 0) is 25.6 Å². The van der Waals surface area contributed by atoms with Gasteiger partial charge in [0.1, 0.15) is 11.5 Å². The lowest BCUT2D eigenvalue weighted by Crippen LogP contribution is -2.30. The smallest absolute Gasteiger partial charge is 0.373 e. The molecule has 0 unspecified atom stereocenters. The standard InChI is InChI=1S/C22H20BrN3O10/c1-11(2)35-18(27)10-34-19-14(23)6-12(8-16(19)26(31)32)7-15-20(28)25(22(30)24-15)9-13-4-5-17(36-13)21(29)33-3/h4-8,11H,9-10H2,1-3H3,(H,24,30)/b15-7-. The van der Waals surface area contributed by atoms with Crippen LogP contribution in [0.1, 0.15) is 35.7 Å². The highest BCUT2D eigenvalue weighted by molar-refractivity contribution is 9.10. The van der Waals surface area contributed by atoms with Gasteiger partial charge in [0.25, 0.3) is 5.91 Å². The number of imide groups is 1. The summed E-state index contributed by atoms with van der Waals surface area (Å²) in [5, 5.41) is 14.0. The van der Waals surface area contributed by atoms with E-state index in [-0.39, 0.29) is 45.7 Å². The van der Waals surface area contributed by atoms with Crippen LogP contribution in [0.25, 0.3) is 6.08 Å². The van der Waals surface area contributed by atoms with Gasteiger partial charge in [-0.3, -0.25) is 19.8 Å². The molecule has 0 saturated carbocycles. The van der Waals surface area contributed by atoms with E-state index in [1.165, 1.54) is 31.4 Å². The minimum atomic E-state index is -0.751. The molecule has 0 bridgehead atoms. The number of amides is 3. The Morgan fingerprint density at radius 2 is 2.00 bits per heavy atom. The van der Waals surface area contributed by atoms with Gasteiger partial charge in [-0.05, 0) is 59.6 Å². The molecule has 0 aliphatic carbocycles. The third kappa shape index (κ3) is 6.07. The molecule has 1 aliphatic heterocycles. The molecule has 14 heteroatoms. The lowest BCUT2D eigenvalue weighted by Gasteiger charge is -2.11. The first kappa shape index (κ1) is 26.4. The average molecular weight is 566 g/mol. The molecule has 1 aliphatic rings. The van der Waals surface area contributed by atoms with E-state index in [1.54, 1.807) is 13.8 Å². The lowest BCUT2D eigenvalue weighted by atomic mass is 10.1. The first-order chi connectivity index (χ1) is 17.0. The van der Waals surface area contributed by atoms with Crippen molar-refractivity contribution in [3.05, 3.63) is 61.6 Å². The van der Waals surface area contributed by atoms with Crippen molar-refractivity contribution in [1.29, 1.82) is 0 Å². The Kier molecular flexibility index (Phi) is 8.09. The van der Waals surface area contributed by atoms with Crippen LogP contribution in [-0.4, -0.2) is 53.5 Å². The first-order valence-corrected chi connectivity index (χ1v) is 11.1. The van der Waals surface area contributed by atoms with E-state index in [1.807, 2.05) is 0 Å². The third-order valence-electron chi connectivity index (χ3n) is 4.58. The van der Waals surface area contributed by atoms with Gasteiger partial charge < -0.3 is 23.9 Å². The van der Waals surface area contributed by atoms with Crippen molar-refractivity contribution in [3.8, 4) is 5.75 Å². The molecule has 2 heterocycles. The number of carbonyl (C=O) groups excluding carboxylic acids is 4. The van der Waals surface area contributed by atoms with Crippen LogP contribution in [0.15, 0.2) is 38.9 Å². The molecule has 3 amide bonds. The van der Waals surface area contributed by atoms with E-state index in [9.17, 15) is 29.3 Å². The summed E-state index contributed by atoms with van der Waals surface area (Å²) in [4.78, 5) is 60.1. The number of nitro benzene ring substituents is 1. The van der Waals surface area contributed by atoms with E-state index >= 15 is 0 Å². The average Bonchev–Trinajstić information content (AvgIpc) is 3.37. The minimum absolute atomic E-state index is 0.0905. The van der Waals surface area contributed by atoms with Gasteiger partial charge in [0.15, 0.2) is 6.61 Å². The van der Waals surface area contributed by atoms with Crippen molar-refractivity contribution in [1.82, 2.24) is 10.2 Å². The predicted octanol–water partition coefficient (Wildman–Crippen LogP) is 3.16. The number of nitrogens with zero attached hydrogens (tertiary/aromatic N) is 2. The molecule has 1 aromatic heterocycles. The van der Waals surface area contributed by atoms with Crippen LogP contribution in [0.2, 0.25) is 0 Å². The Labute approximate surface area is 212 Å². The summed E-state index contributed by atoms with van der Waals surface area (Å²) >= 11 is 3.18. The number of hydrogen-bond donors (Lipinski definition) is 1. The maximum absolute atomic E-state index is 12.8. The summed E-state index contributed by atoms with van der Waals surface area (Å²) in [6.45, 7) is 2.49. The van der Waals surface area contributed by atoms with Crippen molar-refractivity contribution >= 4 is 51.6 Å². The molecular formula is C22H20BrN3O10. The Morgan fingerprint density at radius 1 is 1.28 bits per heavy atom. The van der Waals surface area contributed by atoms with Crippen molar-refractivity contribution in [2.45, 2.75) is 26.5 Å². The molecule has 36 heavy (non-hydrogen) atoms. The zero-order valence-electron chi connectivity index (χ0n) is 19.2. The van der Waals surface area contributed by atoms with Gasteiger partial charge in [-0.15, -0.1) is 0 Å². The highest BCUT2D eigenvalue weighted by atomic mass is 79.9. The maximum atomic E-state index is 12.8. The molecule has 13 nitrogen and oxygen atoms in total. The van der Waals surface area contributed by atoms with Gasteiger partial charge in [0.2, 0.25) is 11.5 Å². The summed E-state index contributed by atoms with van der Waals surface area (Å²) in [7, 11) is 1.18. The van der Waals surface area contributed by atoms with Gasteiger partial charge >= 0.3 is 23.7 Å². The van der Waals surface area contributed by atoms with Crippen molar-refractivity contribution < 1.29 is 42.7 Å². The van der Waals surface area contributed by atoms with Gasteiger partial charge in [0, 0.05) is 6.07 Å². The predicted molar refractivity (Wildman–Crippen MR) is 125 cm³/mol. The van der Waals surface area contributed by atoms with Crippen LogP contribution >= 0.6 is 15.9 Å². The molecular weight excluding hydrogens is 546 g/mol. The SMILES string of the molecule is COC(=O)c1ccc(CN2C(=O)N/C(=C\c3cc(Br)c(OCC(=O)OC(C)C)c([N+](=O)[O-])c3)C2=O)o1.